The van der Waals surface area contributed by atoms with Gasteiger partial charge in [0, 0.05) is 18.8 Å². The summed E-state index contributed by atoms with van der Waals surface area (Å²) >= 11 is 0. The number of benzene rings is 1. The molecule has 9 heteroatoms. The van der Waals surface area contributed by atoms with Crippen LogP contribution in [0.2, 0.25) is 0 Å². The lowest BCUT2D eigenvalue weighted by Crippen LogP contribution is -2.54. The lowest BCUT2D eigenvalue weighted by atomic mass is 10.1. The average molecular weight is 416 g/mol. The van der Waals surface area contributed by atoms with Crippen LogP contribution < -0.4 is 16.0 Å². The van der Waals surface area contributed by atoms with Crippen LogP contribution in [-0.2, 0) is 11.3 Å². The third-order valence-corrected chi connectivity index (χ3v) is 3.91. The first-order chi connectivity index (χ1) is 14.1. The lowest BCUT2D eigenvalue weighted by molar-refractivity contribution is 0.0474. The van der Waals surface area contributed by atoms with Gasteiger partial charge in [-0.25, -0.2) is 9.79 Å². The molecule has 0 aliphatic heterocycles. The number of nitrogens with zero attached hydrogens (tertiary/aromatic N) is 4. The highest BCUT2D eigenvalue weighted by Gasteiger charge is 2.24. The molecule has 0 saturated heterocycles. The summed E-state index contributed by atoms with van der Waals surface area (Å²) in [4.78, 5) is 16.7. The maximum absolute atomic E-state index is 12.1. The van der Waals surface area contributed by atoms with E-state index in [0.717, 1.165) is 11.5 Å². The molecule has 0 atom stereocenters. The summed E-state index contributed by atoms with van der Waals surface area (Å²) in [5.41, 5.74) is -0.102. The molecule has 3 N–H and O–H groups in total. The van der Waals surface area contributed by atoms with E-state index in [1.165, 1.54) is 0 Å². The van der Waals surface area contributed by atoms with E-state index in [4.69, 9.17) is 4.74 Å². The van der Waals surface area contributed by atoms with Crippen molar-refractivity contribution in [3.8, 4) is 5.69 Å². The third kappa shape index (κ3) is 7.73. The Balaban J connectivity index is 2.00. The van der Waals surface area contributed by atoms with Gasteiger partial charge >= 0.3 is 6.09 Å². The lowest BCUT2D eigenvalue weighted by Gasteiger charge is -2.29. The van der Waals surface area contributed by atoms with Crippen molar-refractivity contribution in [2.24, 2.45) is 4.99 Å². The predicted octanol–water partition coefficient (Wildman–Crippen LogP) is 2.63. The molecule has 1 heterocycles. The minimum absolute atomic E-state index is 0.351. The number of rotatable bonds is 7. The van der Waals surface area contributed by atoms with E-state index in [9.17, 15) is 4.79 Å². The summed E-state index contributed by atoms with van der Waals surface area (Å²) in [7, 11) is 0. The van der Waals surface area contributed by atoms with Crippen molar-refractivity contribution >= 4 is 12.1 Å². The van der Waals surface area contributed by atoms with E-state index in [1.807, 2.05) is 76.4 Å². The molecule has 2 aromatic rings. The molecule has 1 aromatic carbocycles. The first-order valence-corrected chi connectivity index (χ1v) is 10.1. The molecule has 1 aromatic heterocycles. The van der Waals surface area contributed by atoms with Gasteiger partial charge in [0.1, 0.15) is 18.5 Å². The Morgan fingerprint density at radius 2 is 1.83 bits per heavy atom. The average Bonchev–Trinajstić information content (AvgIpc) is 3.11. The maximum Gasteiger partial charge on any atom is 0.408 e. The molecule has 0 fully saturated rings. The van der Waals surface area contributed by atoms with Crippen LogP contribution in [0.4, 0.5) is 4.79 Å². The highest BCUT2D eigenvalue weighted by Crippen LogP contribution is 2.10. The highest BCUT2D eigenvalue weighted by molar-refractivity contribution is 5.80. The number of hydrogen-bond acceptors (Lipinski definition) is 5. The second kappa shape index (κ2) is 10.1. The molecule has 0 spiro atoms. The predicted molar refractivity (Wildman–Crippen MR) is 118 cm³/mol. The van der Waals surface area contributed by atoms with Crippen molar-refractivity contribution in [2.75, 3.05) is 13.1 Å². The molecule has 0 saturated carbocycles. The highest BCUT2D eigenvalue weighted by atomic mass is 16.6. The van der Waals surface area contributed by atoms with Gasteiger partial charge in [0.25, 0.3) is 0 Å². The molecule has 164 valence electrons. The van der Waals surface area contributed by atoms with E-state index >= 15 is 0 Å². The van der Waals surface area contributed by atoms with Gasteiger partial charge in [-0.05, 0) is 53.7 Å². The Morgan fingerprint density at radius 3 is 2.47 bits per heavy atom. The topological polar surface area (TPSA) is 105 Å². The van der Waals surface area contributed by atoms with Crippen LogP contribution in [0.1, 0.15) is 47.4 Å². The quantitative estimate of drug-likeness (QED) is 0.474. The number of amides is 1. The first-order valence-electron chi connectivity index (χ1n) is 10.1. The van der Waals surface area contributed by atoms with Crippen LogP contribution in [0.15, 0.2) is 41.7 Å². The maximum atomic E-state index is 12.1. The minimum Gasteiger partial charge on any atom is -0.444 e. The standard InChI is InChI=1S/C21H33N7O2/c1-7-22-18(24-14-21(5,6)26-19(29)30-20(2,3)4)23-13-17-27-25-15-28(17)16-11-9-8-10-12-16/h8-12,15H,7,13-14H2,1-6H3,(H,26,29)(H2,22,23,24). The van der Waals surface area contributed by atoms with Crippen LogP contribution >= 0.6 is 0 Å². The number of carbonyl (C=O) groups excluding carboxylic acids is 1. The number of carbonyl (C=O) groups is 1. The normalized spacial score (nSPS) is 12.4. The second-order valence-corrected chi connectivity index (χ2v) is 8.51. The molecule has 1 amide bonds. The van der Waals surface area contributed by atoms with Crippen molar-refractivity contribution in [1.82, 2.24) is 30.7 Å². The number of ether oxygens (including phenoxy) is 1. The SMILES string of the molecule is CCNC(=NCc1nncn1-c1ccccc1)NCC(C)(C)NC(=O)OC(C)(C)C. The van der Waals surface area contributed by atoms with Crippen LogP contribution in [-0.4, -0.2) is 51.0 Å². The molecule has 0 bridgehead atoms. The van der Waals surface area contributed by atoms with E-state index < -0.39 is 17.2 Å². The molecule has 0 unspecified atom stereocenters. The number of aliphatic imine (C=N–C) groups is 1. The zero-order chi connectivity index (χ0) is 22.2. The summed E-state index contributed by atoms with van der Waals surface area (Å²) in [6.45, 7) is 12.9. The Bertz CT molecular complexity index is 839. The van der Waals surface area contributed by atoms with Crippen molar-refractivity contribution in [2.45, 2.75) is 59.2 Å². The summed E-state index contributed by atoms with van der Waals surface area (Å²) in [6.07, 6.45) is 1.22. The molecule has 0 radical (unpaired) electrons. The first kappa shape index (κ1) is 23.2. The van der Waals surface area contributed by atoms with Gasteiger partial charge in [0.2, 0.25) is 0 Å². The van der Waals surface area contributed by atoms with Gasteiger partial charge in [-0.3, -0.25) is 4.57 Å². The molecular weight excluding hydrogens is 382 g/mol. The number of nitrogens with one attached hydrogen (secondary N) is 3. The van der Waals surface area contributed by atoms with E-state index in [0.29, 0.717) is 25.6 Å². The Kier molecular flexibility index (Phi) is 7.79. The largest absolute Gasteiger partial charge is 0.444 e. The molecule has 2 rings (SSSR count). The van der Waals surface area contributed by atoms with Crippen LogP contribution in [0.5, 0.6) is 0 Å². The fourth-order valence-electron chi connectivity index (χ4n) is 2.59. The smallest absolute Gasteiger partial charge is 0.408 e. The van der Waals surface area contributed by atoms with Crippen molar-refractivity contribution in [1.29, 1.82) is 0 Å². The Labute approximate surface area is 178 Å². The van der Waals surface area contributed by atoms with E-state index in [-0.39, 0.29) is 0 Å². The zero-order valence-electron chi connectivity index (χ0n) is 18.7. The number of aromatic nitrogens is 3. The number of hydrogen-bond donors (Lipinski definition) is 3. The number of para-hydroxylation sites is 1. The van der Waals surface area contributed by atoms with Gasteiger partial charge in [-0.1, -0.05) is 18.2 Å². The molecular formula is C21H33N7O2. The minimum atomic E-state index is -0.543. The Morgan fingerprint density at radius 1 is 1.13 bits per heavy atom. The fraction of sp³-hybridized carbons (Fsp3) is 0.524. The van der Waals surface area contributed by atoms with Gasteiger partial charge in [0.05, 0.1) is 5.54 Å². The van der Waals surface area contributed by atoms with Gasteiger partial charge in [0.15, 0.2) is 11.8 Å². The fourth-order valence-corrected chi connectivity index (χ4v) is 2.59. The van der Waals surface area contributed by atoms with Crippen molar-refractivity contribution < 1.29 is 9.53 Å². The van der Waals surface area contributed by atoms with Gasteiger partial charge in [-0.15, -0.1) is 10.2 Å². The monoisotopic (exact) mass is 415 g/mol. The van der Waals surface area contributed by atoms with Gasteiger partial charge in [-0.2, -0.15) is 0 Å². The van der Waals surface area contributed by atoms with E-state index in [2.05, 4.69) is 31.1 Å². The summed E-state index contributed by atoms with van der Waals surface area (Å²) < 4.78 is 7.24. The molecule has 30 heavy (non-hydrogen) atoms. The molecule has 0 aliphatic carbocycles. The Hall–Kier alpha value is -3.10. The summed E-state index contributed by atoms with van der Waals surface area (Å²) in [6, 6.07) is 9.88. The summed E-state index contributed by atoms with van der Waals surface area (Å²) in [5.74, 6) is 1.35. The third-order valence-electron chi connectivity index (χ3n) is 3.91. The van der Waals surface area contributed by atoms with Crippen molar-refractivity contribution in [3.05, 3.63) is 42.5 Å². The van der Waals surface area contributed by atoms with Crippen LogP contribution in [0.3, 0.4) is 0 Å². The number of alkyl carbamates (subject to hydrolysis) is 1. The molecule has 0 aliphatic rings. The second-order valence-electron chi connectivity index (χ2n) is 8.51. The zero-order valence-corrected chi connectivity index (χ0v) is 18.7. The summed E-state index contributed by atoms with van der Waals surface area (Å²) in [5, 5.41) is 17.5. The number of guanidine groups is 1. The van der Waals surface area contributed by atoms with Gasteiger partial charge < -0.3 is 20.7 Å². The van der Waals surface area contributed by atoms with Crippen molar-refractivity contribution in [3.63, 3.8) is 0 Å². The van der Waals surface area contributed by atoms with E-state index in [1.54, 1.807) is 6.33 Å². The van der Waals surface area contributed by atoms with Crippen LogP contribution in [0, 0.1) is 0 Å². The van der Waals surface area contributed by atoms with Crippen LogP contribution in [0.25, 0.3) is 5.69 Å². The molecule has 9 nitrogen and oxygen atoms in total.